The lowest BCUT2D eigenvalue weighted by Gasteiger charge is -2.25. The molecule has 0 aliphatic carbocycles. The van der Waals surface area contributed by atoms with Gasteiger partial charge in [-0.05, 0) is 31.2 Å². The van der Waals surface area contributed by atoms with E-state index in [0.29, 0.717) is 12.0 Å². The summed E-state index contributed by atoms with van der Waals surface area (Å²) in [4.78, 5) is 3.34. The first-order valence-electron chi connectivity index (χ1n) is 17.9. The quantitative estimate of drug-likeness (QED) is 0.0801. The van der Waals surface area contributed by atoms with Crippen molar-refractivity contribution in [3.8, 4) is 0 Å². The van der Waals surface area contributed by atoms with Crippen LogP contribution < -0.4 is 4.57 Å². The van der Waals surface area contributed by atoms with E-state index >= 15 is 0 Å². The molecule has 0 saturated carbocycles. The van der Waals surface area contributed by atoms with Gasteiger partial charge in [0.25, 0.3) is 0 Å². The number of aromatic nitrogens is 2. The molecule has 2 unspecified atom stereocenters. The maximum absolute atomic E-state index is 3.34. The number of benzene rings is 1. The summed E-state index contributed by atoms with van der Waals surface area (Å²) in [7, 11) is 0. The molecule has 2 rings (SSSR count). The fraction of sp³-hybridized carbons (Fsp3) is 0.763. The van der Waals surface area contributed by atoms with E-state index < -0.39 is 0 Å². The summed E-state index contributed by atoms with van der Waals surface area (Å²) in [6.45, 7) is 4.62. The predicted molar refractivity (Wildman–Crippen MR) is 176 cm³/mol. The second-order valence-electron chi connectivity index (χ2n) is 12.7. The lowest BCUT2D eigenvalue weighted by molar-refractivity contribution is -0.730. The molecule has 0 fully saturated rings. The van der Waals surface area contributed by atoms with E-state index in [9.17, 15) is 0 Å². The van der Waals surface area contributed by atoms with Crippen LogP contribution in [0.3, 0.4) is 0 Å². The van der Waals surface area contributed by atoms with Crippen LogP contribution >= 0.6 is 0 Å². The van der Waals surface area contributed by atoms with Crippen LogP contribution in [-0.4, -0.2) is 4.98 Å². The molecule has 0 radical (unpaired) electrons. The number of hydrogen-bond acceptors (Lipinski definition) is 0. The molecule has 0 amide bonds. The second-order valence-corrected chi connectivity index (χ2v) is 12.7. The van der Waals surface area contributed by atoms with Crippen LogP contribution in [-0.2, 0) is 6.42 Å². The van der Waals surface area contributed by atoms with Gasteiger partial charge in [-0.25, -0.2) is 4.57 Å². The van der Waals surface area contributed by atoms with Crippen molar-refractivity contribution < 1.29 is 4.57 Å². The highest BCUT2D eigenvalue weighted by Gasteiger charge is 2.26. The van der Waals surface area contributed by atoms with Crippen molar-refractivity contribution in [3.63, 3.8) is 0 Å². The molecule has 1 heterocycles. The molecule has 228 valence electrons. The van der Waals surface area contributed by atoms with Crippen molar-refractivity contribution in [2.75, 3.05) is 0 Å². The largest absolute Gasteiger partial charge is 0.250 e. The zero-order chi connectivity index (χ0) is 28.4. The Morgan fingerprint density at radius 3 is 1.45 bits per heavy atom. The Balaban J connectivity index is 1.71. The summed E-state index contributed by atoms with van der Waals surface area (Å²) in [6.07, 6.45) is 41.8. The Morgan fingerprint density at radius 2 is 1.00 bits per heavy atom. The van der Waals surface area contributed by atoms with Crippen molar-refractivity contribution in [2.45, 2.75) is 180 Å². The standard InChI is InChI=1S/C38H66N2/c1-3-5-7-9-11-13-14-15-16-17-18-19-21-26-30-37(34-36-28-24-23-25-29-36)38(40-33-32-39-35-40)31-27-22-20-12-10-8-6-4-2/h23-25,28-29,32-33,35,37-38H,3-22,26-27,30-31,34H2,1-2H3/p+1. The average Bonchev–Trinajstić information content (AvgIpc) is 3.51. The van der Waals surface area contributed by atoms with Crippen LogP contribution in [0.5, 0.6) is 0 Å². The Hall–Kier alpha value is -1.57. The van der Waals surface area contributed by atoms with E-state index in [-0.39, 0.29) is 0 Å². The van der Waals surface area contributed by atoms with Gasteiger partial charge in [-0.15, -0.1) is 0 Å². The third-order valence-corrected chi connectivity index (χ3v) is 9.12. The number of rotatable bonds is 28. The van der Waals surface area contributed by atoms with Gasteiger partial charge in [-0.1, -0.05) is 179 Å². The van der Waals surface area contributed by atoms with Gasteiger partial charge in [0.15, 0.2) is 0 Å². The van der Waals surface area contributed by atoms with Crippen LogP contribution in [0.1, 0.15) is 180 Å². The molecule has 0 spiro atoms. The SMILES string of the molecule is CCCCCCCCCCCCCCCCC(Cc1ccccc1)C(CCCCCCCCCC)[n+]1cc[nH]c1. The molecule has 0 aliphatic rings. The number of nitrogens with one attached hydrogen (secondary N) is 1. The van der Waals surface area contributed by atoms with E-state index in [0.717, 1.165) is 0 Å². The summed E-state index contributed by atoms with van der Waals surface area (Å²) >= 11 is 0. The highest BCUT2D eigenvalue weighted by molar-refractivity contribution is 5.15. The second kappa shape index (κ2) is 25.2. The van der Waals surface area contributed by atoms with Crippen molar-refractivity contribution in [2.24, 2.45) is 5.92 Å². The predicted octanol–water partition coefficient (Wildman–Crippen LogP) is 12.1. The molecule has 2 nitrogen and oxygen atoms in total. The minimum atomic E-state index is 0.605. The van der Waals surface area contributed by atoms with Crippen molar-refractivity contribution >= 4 is 0 Å². The maximum atomic E-state index is 3.34. The number of imidazole rings is 1. The topological polar surface area (TPSA) is 19.7 Å². The number of unbranched alkanes of at least 4 members (excludes halogenated alkanes) is 20. The molecular formula is C38H67N2+. The van der Waals surface area contributed by atoms with Crippen LogP contribution in [0, 0.1) is 5.92 Å². The molecular weight excluding hydrogens is 484 g/mol. The van der Waals surface area contributed by atoms with Crippen molar-refractivity contribution in [1.29, 1.82) is 0 Å². The van der Waals surface area contributed by atoms with E-state index in [1.165, 1.54) is 166 Å². The number of nitrogens with zero attached hydrogens (tertiary/aromatic N) is 1. The zero-order valence-electron chi connectivity index (χ0n) is 26.9. The third kappa shape index (κ3) is 17.3. The van der Waals surface area contributed by atoms with Crippen LogP contribution in [0.25, 0.3) is 0 Å². The smallest absolute Gasteiger partial charge is 0.241 e. The monoisotopic (exact) mass is 552 g/mol. The lowest BCUT2D eigenvalue weighted by atomic mass is 9.84. The first kappa shape index (κ1) is 34.6. The fourth-order valence-corrected chi connectivity index (χ4v) is 6.57. The summed E-state index contributed by atoms with van der Waals surface area (Å²) < 4.78 is 2.50. The molecule has 1 aromatic carbocycles. The number of hydrogen-bond donors (Lipinski definition) is 1. The van der Waals surface area contributed by atoms with Gasteiger partial charge in [-0.3, -0.25) is 4.98 Å². The van der Waals surface area contributed by atoms with Crippen molar-refractivity contribution in [3.05, 3.63) is 54.6 Å². The van der Waals surface area contributed by atoms with Gasteiger partial charge in [0.1, 0.15) is 18.4 Å². The molecule has 2 heteroatoms. The van der Waals surface area contributed by atoms with Crippen LogP contribution in [0.15, 0.2) is 49.1 Å². The van der Waals surface area contributed by atoms with Gasteiger partial charge >= 0.3 is 0 Å². The van der Waals surface area contributed by atoms with Gasteiger partial charge in [0.05, 0.1) is 0 Å². The lowest BCUT2D eigenvalue weighted by Crippen LogP contribution is -2.42. The first-order chi connectivity index (χ1) is 19.8. The Kier molecular flexibility index (Phi) is 21.8. The Morgan fingerprint density at radius 1 is 0.550 bits per heavy atom. The summed E-state index contributed by atoms with van der Waals surface area (Å²) in [6, 6.07) is 11.9. The zero-order valence-corrected chi connectivity index (χ0v) is 26.9. The van der Waals surface area contributed by atoms with Crippen LogP contribution in [0.2, 0.25) is 0 Å². The minimum absolute atomic E-state index is 0.605. The molecule has 0 bridgehead atoms. The van der Waals surface area contributed by atoms with Gasteiger partial charge in [0.2, 0.25) is 6.33 Å². The summed E-state index contributed by atoms with van der Waals surface area (Å²) in [5.41, 5.74) is 1.51. The highest BCUT2D eigenvalue weighted by Crippen LogP contribution is 2.29. The molecule has 40 heavy (non-hydrogen) atoms. The van der Waals surface area contributed by atoms with Gasteiger partial charge in [-0.2, -0.15) is 0 Å². The summed E-state index contributed by atoms with van der Waals surface area (Å²) in [5, 5.41) is 0. The van der Waals surface area contributed by atoms with E-state index in [2.05, 4.69) is 72.5 Å². The van der Waals surface area contributed by atoms with E-state index in [1.54, 1.807) is 0 Å². The van der Waals surface area contributed by atoms with E-state index in [1.807, 2.05) is 0 Å². The van der Waals surface area contributed by atoms with Crippen LogP contribution in [0.4, 0.5) is 0 Å². The Bertz CT molecular complexity index is 753. The summed E-state index contributed by atoms with van der Waals surface area (Å²) in [5.74, 6) is 0.713. The number of H-pyrrole nitrogens is 1. The molecule has 1 aromatic heterocycles. The average molecular weight is 552 g/mol. The molecule has 0 saturated heterocycles. The molecule has 2 atom stereocenters. The normalized spacial score (nSPS) is 13.1. The minimum Gasteiger partial charge on any atom is -0.250 e. The van der Waals surface area contributed by atoms with Crippen molar-refractivity contribution in [1.82, 2.24) is 4.98 Å². The molecule has 2 aromatic rings. The van der Waals surface area contributed by atoms with Gasteiger partial charge in [0, 0.05) is 5.92 Å². The third-order valence-electron chi connectivity index (χ3n) is 9.12. The molecule has 1 N–H and O–H groups in total. The molecule has 0 aliphatic heterocycles. The number of aromatic amines is 1. The van der Waals surface area contributed by atoms with Gasteiger partial charge < -0.3 is 0 Å². The highest BCUT2D eigenvalue weighted by atomic mass is 15.1. The maximum Gasteiger partial charge on any atom is 0.241 e. The van der Waals surface area contributed by atoms with E-state index in [4.69, 9.17) is 0 Å². The Labute approximate surface area is 250 Å². The first-order valence-corrected chi connectivity index (χ1v) is 17.9. The fourth-order valence-electron chi connectivity index (χ4n) is 6.57.